The van der Waals surface area contributed by atoms with Crippen LogP contribution < -0.4 is 15.8 Å². The molecule has 0 saturated carbocycles. The minimum atomic E-state index is -5.65. The first-order valence-electron chi connectivity index (χ1n) is 28.2. The molecule has 5 N–H and O–H groups in total. The van der Waals surface area contributed by atoms with Gasteiger partial charge in [-0.1, -0.05) is 25.1 Å². The zero-order chi connectivity index (χ0) is 62.1. The number of nitrogens with one attached hydrogen (secondary N) is 1. The van der Waals surface area contributed by atoms with Crippen LogP contribution in [0, 0.1) is 23.3 Å². The second-order valence-corrected chi connectivity index (χ2v) is 20.2. The number of benzene rings is 2. The van der Waals surface area contributed by atoms with Gasteiger partial charge in [0, 0.05) is 49.0 Å². The number of nitrogens with zero attached hydrogens (tertiary/aromatic N) is 4. The van der Waals surface area contributed by atoms with E-state index in [4.69, 9.17) is 62.5 Å². The highest BCUT2D eigenvalue weighted by atomic mass is 32.2. The Balaban J connectivity index is 0.766. The number of likely N-dealkylation sites (tertiary alicyclic amines) is 1. The summed E-state index contributed by atoms with van der Waals surface area (Å²) >= 11 is 0. The van der Waals surface area contributed by atoms with Gasteiger partial charge in [0.2, 0.25) is 23.3 Å². The Hall–Kier alpha value is -5.68. The number of nitrogens with two attached hydrogens (primary N) is 1. The van der Waals surface area contributed by atoms with Crippen LogP contribution in [-0.4, -0.2) is 221 Å². The fraction of sp³-hybridized carbons (Fsp3) is 0.589. The molecule has 0 spiro atoms. The van der Waals surface area contributed by atoms with Crippen molar-refractivity contribution in [1.29, 1.82) is 0 Å². The zero-order valence-electron chi connectivity index (χ0n) is 48.3. The Labute approximate surface area is 496 Å². The Bertz CT molecular complexity index is 2720. The van der Waals surface area contributed by atoms with E-state index in [2.05, 4.69) is 20.0 Å². The molecule has 30 heteroatoms. The highest BCUT2D eigenvalue weighted by Gasteiger charge is 2.36. The molecule has 480 valence electrons. The smallest absolute Gasteiger partial charge is 0.313 e. The van der Waals surface area contributed by atoms with Crippen LogP contribution in [0.2, 0.25) is 0 Å². The van der Waals surface area contributed by atoms with Crippen molar-refractivity contribution in [2.45, 2.75) is 63.1 Å². The second-order valence-electron chi connectivity index (χ2n) is 18.8. The number of hydroxylamine groups is 2. The summed E-state index contributed by atoms with van der Waals surface area (Å²) in [4.78, 5) is 52.5. The number of carbonyl (C=O) groups is 3. The Morgan fingerprint density at radius 3 is 1.70 bits per heavy atom. The maximum atomic E-state index is 14.0. The molecule has 1 saturated heterocycles. The highest BCUT2D eigenvalue weighted by molar-refractivity contribution is 7.85. The van der Waals surface area contributed by atoms with Gasteiger partial charge in [0.25, 0.3) is 5.91 Å². The summed E-state index contributed by atoms with van der Waals surface area (Å²) in [6.07, 6.45) is 4.09. The molecule has 5 rings (SSSR count). The highest BCUT2D eigenvalue weighted by Crippen LogP contribution is 2.35. The minimum Gasteiger partial charge on any atom is -0.420 e. The molecule has 86 heavy (non-hydrogen) atoms. The Morgan fingerprint density at radius 1 is 0.721 bits per heavy atom. The van der Waals surface area contributed by atoms with E-state index in [1.54, 1.807) is 23.2 Å². The fourth-order valence-corrected chi connectivity index (χ4v) is 9.02. The third kappa shape index (κ3) is 24.1. The van der Waals surface area contributed by atoms with E-state index in [1.165, 1.54) is 5.06 Å². The summed E-state index contributed by atoms with van der Waals surface area (Å²) in [5, 5.41) is 15.6. The molecule has 1 unspecified atom stereocenters. The topological polar surface area (TPSA) is 306 Å². The third-order valence-corrected chi connectivity index (χ3v) is 13.4. The van der Waals surface area contributed by atoms with Gasteiger partial charge in [-0.05, 0) is 50.0 Å². The lowest BCUT2D eigenvalue weighted by Gasteiger charge is -2.28. The number of esters is 1. The van der Waals surface area contributed by atoms with Crippen LogP contribution in [0.5, 0.6) is 5.75 Å². The molecule has 2 aliphatic heterocycles. The van der Waals surface area contributed by atoms with E-state index in [1.807, 2.05) is 38.1 Å². The van der Waals surface area contributed by atoms with Gasteiger partial charge >= 0.3 is 16.1 Å². The Morgan fingerprint density at radius 2 is 1.22 bits per heavy atom. The quantitative estimate of drug-likeness (QED) is 0.0117. The molecule has 3 aromatic rings. The maximum Gasteiger partial charge on any atom is 0.313 e. The van der Waals surface area contributed by atoms with Crippen LogP contribution in [0.1, 0.15) is 63.4 Å². The van der Waals surface area contributed by atoms with E-state index < -0.39 is 68.7 Å². The van der Waals surface area contributed by atoms with E-state index in [0.29, 0.717) is 155 Å². The average molecular weight is 1250 g/mol. The molecular formula is C56H78F4N6O19S. The maximum absolute atomic E-state index is 14.0. The van der Waals surface area contributed by atoms with Gasteiger partial charge in [-0.2, -0.15) is 17.2 Å². The summed E-state index contributed by atoms with van der Waals surface area (Å²) < 4.78 is 145. The number of rotatable bonds is 44. The van der Waals surface area contributed by atoms with E-state index in [0.717, 1.165) is 29.5 Å². The monoisotopic (exact) mass is 1250 g/mol. The number of pyridine rings is 1. The molecule has 0 aliphatic carbocycles. The largest absolute Gasteiger partial charge is 0.420 e. The van der Waals surface area contributed by atoms with Gasteiger partial charge in [0.05, 0.1) is 163 Å². The molecule has 0 radical (unpaired) electrons. The summed E-state index contributed by atoms with van der Waals surface area (Å²) in [6, 6.07) is 8.78. The van der Waals surface area contributed by atoms with Crippen LogP contribution in [-0.2, 0) is 76.7 Å². The first-order chi connectivity index (χ1) is 41.5. The number of amides is 2. The van der Waals surface area contributed by atoms with Gasteiger partial charge in [-0.25, -0.2) is 18.8 Å². The van der Waals surface area contributed by atoms with Crippen LogP contribution in [0.3, 0.4) is 0 Å². The molecule has 2 aliphatic rings. The number of hydrogen-bond acceptors (Lipinski definition) is 22. The molecule has 2 amide bonds. The van der Waals surface area contributed by atoms with E-state index in [-0.39, 0.29) is 51.3 Å². The van der Waals surface area contributed by atoms with Gasteiger partial charge in [0.15, 0.2) is 22.8 Å². The van der Waals surface area contributed by atoms with Crippen LogP contribution >= 0.6 is 0 Å². The van der Waals surface area contributed by atoms with Crippen molar-refractivity contribution < 1.29 is 107 Å². The average Bonchev–Trinajstić information content (AvgIpc) is 1.29. The molecule has 1 fully saturated rings. The summed E-state index contributed by atoms with van der Waals surface area (Å²) in [5.74, 6) is -12.8. The first kappa shape index (κ1) is 71.1. The number of halogens is 4. The molecule has 25 nitrogen and oxygen atoms in total. The number of carbonyl (C=O) groups excluding carboxylic acids is 3. The molecule has 0 bridgehead atoms. The number of aliphatic hydroxyl groups excluding tert-OH is 1. The van der Waals surface area contributed by atoms with Crippen molar-refractivity contribution in [3.8, 4) is 16.9 Å². The first-order valence-corrected chi connectivity index (χ1v) is 29.6. The summed E-state index contributed by atoms with van der Waals surface area (Å²) in [6.45, 7) is 11.2. The zero-order valence-corrected chi connectivity index (χ0v) is 49.1. The lowest BCUT2D eigenvalue weighted by Crippen LogP contribution is -2.45. The van der Waals surface area contributed by atoms with Crippen molar-refractivity contribution in [3.63, 3.8) is 0 Å². The number of aliphatic hydroxyl groups is 1. The van der Waals surface area contributed by atoms with Crippen molar-refractivity contribution in [2.24, 2.45) is 10.7 Å². The normalized spacial score (nSPS) is 14.8. The molecule has 2 atom stereocenters. The standard InChI is InChI=1S/C56H78F4N6O19S/c1-3-13-66(84-4-2)55(69)42-35-40-8-7-39(36-44(40)64-46(61)37-42)41-9-10-43(63-38-41)56(70)65-14-5-6-45(65)54(68)62-12-16-75-18-20-77-22-24-79-26-28-81-30-32-83-34-33-82-31-29-80-27-25-78-23-21-76-19-17-74-15-11-47(67)85-52-48(57)50(59)53(86(71,72)73)51(60)49(52)58/h7-10,35-36,38,45,56,70H,3-6,11-34,37H2,1-2H3,(H2,61,64)(H,62,68)(H,71,72,73)/t45-,56?/m1/s1. The third-order valence-electron chi connectivity index (χ3n) is 12.5. The van der Waals surface area contributed by atoms with Gasteiger partial charge < -0.3 is 68.3 Å². The molecule has 1 aromatic heterocycles. The van der Waals surface area contributed by atoms with Crippen molar-refractivity contribution in [3.05, 3.63) is 76.6 Å². The SMILES string of the molecule is CCCN(OCC)C(=O)C1=Cc2ccc(-c3ccc(C(O)N4CCC[C@@H]4C(=O)NCCOCCOCCOCCOCCOCCOCCOCCOCCOCCOCCC(=O)Oc4c(F)c(F)c(S(=O)(=O)O)c(F)c4F)nc3)cc2N=C(N)C1. The molecule has 2 aromatic carbocycles. The van der Waals surface area contributed by atoms with Crippen LogP contribution in [0.25, 0.3) is 17.2 Å². The van der Waals surface area contributed by atoms with E-state index in [9.17, 15) is 45.5 Å². The lowest BCUT2D eigenvalue weighted by molar-refractivity contribution is -0.180. The van der Waals surface area contributed by atoms with Crippen LogP contribution in [0.15, 0.2) is 52.0 Å². The van der Waals surface area contributed by atoms with Crippen molar-refractivity contribution >= 4 is 45.5 Å². The number of ether oxygens (including phenoxy) is 11. The Kier molecular flexibility index (Phi) is 32.4. The van der Waals surface area contributed by atoms with E-state index >= 15 is 0 Å². The number of aromatic nitrogens is 1. The van der Waals surface area contributed by atoms with Crippen LogP contribution in [0.4, 0.5) is 23.2 Å². The molecular weight excluding hydrogens is 1170 g/mol. The number of hydrogen-bond donors (Lipinski definition) is 4. The number of amidine groups is 1. The summed E-state index contributed by atoms with van der Waals surface area (Å²) in [7, 11) is -5.65. The number of aliphatic imine (C=N–C) groups is 1. The minimum absolute atomic E-state index is 0.0141. The fourth-order valence-electron chi connectivity index (χ4n) is 8.39. The lowest BCUT2D eigenvalue weighted by atomic mass is 10.0. The predicted octanol–water partition coefficient (Wildman–Crippen LogP) is 4.25. The second kappa shape index (κ2) is 39.3. The molecule has 3 heterocycles. The van der Waals surface area contributed by atoms with Gasteiger partial charge in [0.1, 0.15) is 5.84 Å². The predicted molar refractivity (Wildman–Crippen MR) is 299 cm³/mol. The van der Waals surface area contributed by atoms with Gasteiger partial charge in [-0.3, -0.25) is 33.7 Å². The summed E-state index contributed by atoms with van der Waals surface area (Å²) in [5.41, 5.74) is 10.2. The van der Waals surface area contributed by atoms with Gasteiger partial charge in [-0.15, -0.1) is 0 Å². The van der Waals surface area contributed by atoms with Crippen molar-refractivity contribution in [2.75, 3.05) is 158 Å². The van der Waals surface area contributed by atoms with Crippen molar-refractivity contribution in [1.82, 2.24) is 20.3 Å². The number of fused-ring (bicyclic) bond motifs is 1.